The summed E-state index contributed by atoms with van der Waals surface area (Å²) >= 11 is 0. The third-order valence-corrected chi connectivity index (χ3v) is 5.60. The van der Waals surface area contributed by atoms with Crippen LogP contribution in [0.1, 0.15) is 77.0 Å². The van der Waals surface area contributed by atoms with Gasteiger partial charge in [-0.25, -0.2) is 4.79 Å². The second-order valence-corrected chi connectivity index (χ2v) is 8.63. The molecule has 0 aliphatic heterocycles. The molecule has 0 rings (SSSR count). The summed E-state index contributed by atoms with van der Waals surface area (Å²) < 4.78 is 0. The molecule has 35 heavy (non-hydrogen) atoms. The van der Waals surface area contributed by atoms with Gasteiger partial charge in [0.25, 0.3) is 0 Å². The Morgan fingerprint density at radius 2 is 1.23 bits per heavy atom. The number of hydrogen-bond donors (Lipinski definition) is 8. The minimum Gasteiger partial charge on any atom is -0.480 e. The normalized spacial score (nSPS) is 15.5. The van der Waals surface area contributed by atoms with Crippen molar-refractivity contribution in [2.75, 3.05) is 13.2 Å². The van der Waals surface area contributed by atoms with Gasteiger partial charge in [-0.2, -0.15) is 0 Å². The topological polar surface area (TPSA) is 214 Å². The third-order valence-electron chi connectivity index (χ3n) is 5.60. The second kappa shape index (κ2) is 20.1. The summed E-state index contributed by atoms with van der Waals surface area (Å²) in [6, 6.07) is -1.04. The number of carboxylic acid groups (broad SMARTS) is 1. The summed E-state index contributed by atoms with van der Waals surface area (Å²) in [6.07, 6.45) is 1.63. The van der Waals surface area contributed by atoms with Crippen LogP contribution in [0.2, 0.25) is 0 Å². The number of carboxylic acids is 1. The summed E-state index contributed by atoms with van der Waals surface area (Å²) in [5, 5.41) is 60.9. The molecule has 0 radical (unpaired) electrons. The van der Waals surface area contributed by atoms with E-state index in [0.717, 1.165) is 38.5 Å². The van der Waals surface area contributed by atoms with Crippen LogP contribution < -0.4 is 10.6 Å². The van der Waals surface area contributed by atoms with Crippen molar-refractivity contribution in [2.45, 2.75) is 108 Å². The number of aliphatic hydroxyl groups excluding tert-OH is 5. The number of carbonyl (C=O) groups is 4. The second-order valence-electron chi connectivity index (χ2n) is 8.63. The monoisotopic (exact) mass is 506 g/mol. The first-order chi connectivity index (χ1) is 16.6. The molecule has 2 amide bonds. The van der Waals surface area contributed by atoms with E-state index in [1.54, 1.807) is 0 Å². The van der Waals surface area contributed by atoms with Gasteiger partial charge in [0.15, 0.2) is 0 Å². The van der Waals surface area contributed by atoms with Crippen LogP contribution in [0, 0.1) is 0 Å². The summed E-state index contributed by atoms with van der Waals surface area (Å²) in [4.78, 5) is 45.0. The van der Waals surface area contributed by atoms with E-state index in [0.29, 0.717) is 19.1 Å². The molecule has 0 saturated carbocycles. The van der Waals surface area contributed by atoms with Gasteiger partial charge in [0.05, 0.1) is 12.7 Å². The number of rotatable bonds is 22. The number of amides is 2. The standard InChI is InChI=1S/C23H42N2O10/c26-13-9-10-16(23(34)35)25-20(31)12-8-6-4-2-1-3-5-7-11-19(30)24-14-17(28)21(32)22(33)18(29)15-27/h13,16-18,21-22,27-29,32-33H,1-12,14-15H2,(H,24,30)(H,25,31)(H,34,35)/t16-,17-,18+,21+,22-/m0/s1. The van der Waals surface area contributed by atoms with Crippen LogP contribution in [0.15, 0.2) is 0 Å². The van der Waals surface area contributed by atoms with Crippen molar-refractivity contribution < 1.29 is 49.8 Å². The maximum atomic E-state index is 11.8. The van der Waals surface area contributed by atoms with E-state index in [2.05, 4.69) is 10.6 Å². The minimum atomic E-state index is -1.73. The Balaban J connectivity index is 3.73. The first kappa shape index (κ1) is 32.9. The Morgan fingerprint density at radius 1 is 0.743 bits per heavy atom. The van der Waals surface area contributed by atoms with E-state index in [4.69, 9.17) is 10.2 Å². The quantitative estimate of drug-likeness (QED) is 0.0661. The molecule has 8 N–H and O–H groups in total. The molecule has 0 saturated heterocycles. The highest BCUT2D eigenvalue weighted by atomic mass is 16.4. The van der Waals surface area contributed by atoms with Crippen molar-refractivity contribution in [3.8, 4) is 0 Å². The minimum absolute atomic E-state index is 0.0812. The molecule has 0 bridgehead atoms. The lowest BCUT2D eigenvalue weighted by atomic mass is 10.0. The molecule has 12 heteroatoms. The van der Waals surface area contributed by atoms with Crippen LogP contribution in [0.3, 0.4) is 0 Å². The molecule has 5 atom stereocenters. The molecule has 204 valence electrons. The van der Waals surface area contributed by atoms with E-state index >= 15 is 0 Å². The molecular formula is C23H42N2O10. The molecule has 0 aliphatic rings. The summed E-state index contributed by atoms with van der Waals surface area (Å²) in [5.41, 5.74) is 0. The number of aliphatic hydroxyl groups is 5. The fourth-order valence-corrected chi connectivity index (χ4v) is 3.38. The zero-order chi connectivity index (χ0) is 26.6. The Hall–Kier alpha value is -2.12. The number of nitrogens with one attached hydrogen (secondary N) is 2. The first-order valence-corrected chi connectivity index (χ1v) is 12.2. The molecule has 0 aromatic rings. The highest BCUT2D eigenvalue weighted by Crippen LogP contribution is 2.11. The maximum Gasteiger partial charge on any atom is 0.326 e. The Kier molecular flexibility index (Phi) is 18.9. The first-order valence-electron chi connectivity index (χ1n) is 12.2. The van der Waals surface area contributed by atoms with Crippen LogP contribution in [0.25, 0.3) is 0 Å². The lowest BCUT2D eigenvalue weighted by Gasteiger charge is -2.25. The van der Waals surface area contributed by atoms with Gasteiger partial charge in [-0.05, 0) is 19.3 Å². The lowest BCUT2D eigenvalue weighted by Crippen LogP contribution is -2.49. The van der Waals surface area contributed by atoms with Gasteiger partial charge >= 0.3 is 5.97 Å². The number of unbranched alkanes of at least 4 members (excludes halogenated alkanes) is 7. The van der Waals surface area contributed by atoms with Crippen molar-refractivity contribution >= 4 is 24.1 Å². The number of carbonyl (C=O) groups excluding carboxylic acids is 3. The highest BCUT2D eigenvalue weighted by molar-refractivity contribution is 5.83. The Morgan fingerprint density at radius 3 is 1.71 bits per heavy atom. The molecule has 0 aromatic heterocycles. The molecule has 0 unspecified atom stereocenters. The smallest absolute Gasteiger partial charge is 0.326 e. The predicted molar refractivity (Wildman–Crippen MR) is 125 cm³/mol. The van der Waals surface area contributed by atoms with Crippen molar-refractivity contribution in [3.05, 3.63) is 0 Å². The molecular weight excluding hydrogens is 464 g/mol. The van der Waals surface area contributed by atoms with Gasteiger partial charge in [-0.3, -0.25) is 9.59 Å². The molecule has 0 heterocycles. The molecule has 0 aromatic carbocycles. The van der Waals surface area contributed by atoms with Gasteiger partial charge in [0.1, 0.15) is 30.6 Å². The molecule has 0 fully saturated rings. The average Bonchev–Trinajstić information content (AvgIpc) is 2.84. The van der Waals surface area contributed by atoms with Crippen molar-refractivity contribution in [2.24, 2.45) is 0 Å². The lowest BCUT2D eigenvalue weighted by molar-refractivity contribution is -0.142. The van der Waals surface area contributed by atoms with Gasteiger partial charge in [-0.1, -0.05) is 38.5 Å². The zero-order valence-electron chi connectivity index (χ0n) is 20.2. The fraction of sp³-hybridized carbons (Fsp3) is 0.826. The van der Waals surface area contributed by atoms with Crippen molar-refractivity contribution in [1.29, 1.82) is 0 Å². The SMILES string of the molecule is O=CCC[C@H](NC(=O)CCCCCCCCCCC(=O)NC[C@H](O)[C@@H](O)[C@@H](O)[C@H](O)CO)C(=O)O. The van der Waals surface area contributed by atoms with Crippen molar-refractivity contribution in [3.63, 3.8) is 0 Å². The van der Waals surface area contributed by atoms with E-state index in [9.17, 15) is 39.6 Å². The van der Waals surface area contributed by atoms with E-state index in [1.165, 1.54) is 0 Å². The van der Waals surface area contributed by atoms with Gasteiger partial charge in [-0.15, -0.1) is 0 Å². The van der Waals surface area contributed by atoms with Crippen molar-refractivity contribution in [1.82, 2.24) is 10.6 Å². The van der Waals surface area contributed by atoms with Crippen LogP contribution in [0.5, 0.6) is 0 Å². The molecule has 12 nitrogen and oxygen atoms in total. The van der Waals surface area contributed by atoms with E-state index in [1.807, 2.05) is 0 Å². The molecule has 0 spiro atoms. The molecule has 0 aliphatic carbocycles. The Labute approximate surface area is 205 Å². The number of hydrogen-bond acceptors (Lipinski definition) is 9. The maximum absolute atomic E-state index is 11.8. The number of aliphatic carboxylic acids is 1. The van der Waals surface area contributed by atoms with E-state index in [-0.39, 0.29) is 44.0 Å². The van der Waals surface area contributed by atoms with Crippen LogP contribution in [-0.2, 0) is 19.2 Å². The average molecular weight is 507 g/mol. The summed E-state index contributed by atoms with van der Waals surface area (Å²) in [6.45, 7) is -1.06. The third kappa shape index (κ3) is 16.2. The zero-order valence-corrected chi connectivity index (χ0v) is 20.2. The Bertz CT molecular complexity index is 619. The largest absolute Gasteiger partial charge is 0.480 e. The van der Waals surface area contributed by atoms with Crippen LogP contribution in [0.4, 0.5) is 0 Å². The van der Waals surface area contributed by atoms with Gasteiger partial charge < -0.3 is 46.1 Å². The number of aldehydes is 1. The van der Waals surface area contributed by atoms with E-state index < -0.39 is 43.0 Å². The van der Waals surface area contributed by atoms with Gasteiger partial charge in [0.2, 0.25) is 11.8 Å². The highest BCUT2D eigenvalue weighted by Gasteiger charge is 2.30. The summed E-state index contributed by atoms with van der Waals surface area (Å²) in [7, 11) is 0. The van der Waals surface area contributed by atoms with Crippen LogP contribution >= 0.6 is 0 Å². The fourth-order valence-electron chi connectivity index (χ4n) is 3.38. The van der Waals surface area contributed by atoms with Crippen LogP contribution in [-0.4, -0.2) is 98.3 Å². The summed E-state index contributed by atoms with van der Waals surface area (Å²) in [5.74, 6) is -1.78. The van der Waals surface area contributed by atoms with Gasteiger partial charge in [0, 0.05) is 25.8 Å². The predicted octanol–water partition coefficient (Wildman–Crippen LogP) is -1.01.